The lowest BCUT2D eigenvalue weighted by atomic mass is 9.78. The lowest BCUT2D eigenvalue weighted by Gasteiger charge is -2.40. The SMILES string of the molecule is CCNC(=NCC1CCCOC1C(C)(C)C)N1CCC(OCC2CCCCO2)CC1.I. The Labute approximate surface area is 207 Å². The van der Waals surface area contributed by atoms with E-state index in [2.05, 4.69) is 37.9 Å². The van der Waals surface area contributed by atoms with Gasteiger partial charge in [0.15, 0.2) is 5.96 Å². The molecule has 0 saturated carbocycles. The van der Waals surface area contributed by atoms with Gasteiger partial charge in [-0.2, -0.15) is 0 Å². The molecule has 7 heteroatoms. The van der Waals surface area contributed by atoms with Gasteiger partial charge in [0.25, 0.3) is 0 Å². The zero-order valence-electron chi connectivity index (χ0n) is 20.2. The first kappa shape index (κ1) is 27.1. The van der Waals surface area contributed by atoms with Gasteiger partial charge in [-0.1, -0.05) is 20.8 Å². The van der Waals surface area contributed by atoms with Crippen molar-refractivity contribution in [2.45, 2.75) is 91.0 Å². The number of piperidine rings is 1. The Morgan fingerprint density at radius 1 is 1.03 bits per heavy atom. The van der Waals surface area contributed by atoms with Crippen LogP contribution < -0.4 is 5.32 Å². The highest BCUT2D eigenvalue weighted by Crippen LogP contribution is 2.34. The summed E-state index contributed by atoms with van der Waals surface area (Å²) in [5.74, 6) is 1.56. The van der Waals surface area contributed by atoms with Crippen LogP contribution in [0.1, 0.15) is 72.6 Å². The van der Waals surface area contributed by atoms with Gasteiger partial charge in [-0.3, -0.25) is 4.99 Å². The van der Waals surface area contributed by atoms with Crippen LogP contribution in [-0.2, 0) is 14.2 Å². The van der Waals surface area contributed by atoms with Gasteiger partial charge in [-0.05, 0) is 57.3 Å². The van der Waals surface area contributed by atoms with Crippen LogP contribution >= 0.6 is 24.0 Å². The van der Waals surface area contributed by atoms with Gasteiger partial charge in [0.1, 0.15) is 0 Å². The third-order valence-corrected chi connectivity index (χ3v) is 6.64. The first-order valence-corrected chi connectivity index (χ1v) is 12.4. The molecule has 0 aromatic heterocycles. The molecule has 6 nitrogen and oxygen atoms in total. The third-order valence-electron chi connectivity index (χ3n) is 6.64. The van der Waals surface area contributed by atoms with Crippen molar-refractivity contribution in [3.63, 3.8) is 0 Å². The van der Waals surface area contributed by atoms with E-state index in [4.69, 9.17) is 19.2 Å². The van der Waals surface area contributed by atoms with E-state index in [1.807, 2.05) is 0 Å². The summed E-state index contributed by atoms with van der Waals surface area (Å²) >= 11 is 0. The molecule has 3 aliphatic rings. The van der Waals surface area contributed by atoms with Crippen molar-refractivity contribution < 1.29 is 14.2 Å². The minimum absolute atomic E-state index is 0. The fraction of sp³-hybridized carbons (Fsp3) is 0.958. The van der Waals surface area contributed by atoms with Crippen molar-refractivity contribution in [2.75, 3.05) is 46.0 Å². The van der Waals surface area contributed by atoms with Crippen molar-refractivity contribution in [1.82, 2.24) is 10.2 Å². The number of halogens is 1. The summed E-state index contributed by atoms with van der Waals surface area (Å²) in [5, 5.41) is 3.52. The number of guanidine groups is 1. The molecule has 0 radical (unpaired) electrons. The summed E-state index contributed by atoms with van der Waals surface area (Å²) in [5.41, 5.74) is 0.163. The van der Waals surface area contributed by atoms with Gasteiger partial charge < -0.3 is 24.4 Å². The van der Waals surface area contributed by atoms with E-state index in [0.29, 0.717) is 24.2 Å². The van der Waals surface area contributed by atoms with Crippen LogP contribution in [0.15, 0.2) is 4.99 Å². The number of nitrogens with zero attached hydrogens (tertiary/aromatic N) is 2. The molecule has 3 rings (SSSR count). The van der Waals surface area contributed by atoms with E-state index in [1.54, 1.807) is 0 Å². The van der Waals surface area contributed by atoms with E-state index in [0.717, 1.165) is 77.6 Å². The molecule has 3 unspecified atom stereocenters. The van der Waals surface area contributed by atoms with E-state index in [1.165, 1.54) is 19.3 Å². The van der Waals surface area contributed by atoms with Crippen LogP contribution in [0.5, 0.6) is 0 Å². The monoisotopic (exact) mass is 551 g/mol. The molecule has 0 bridgehead atoms. The fourth-order valence-electron chi connectivity index (χ4n) is 5.03. The predicted molar refractivity (Wildman–Crippen MR) is 137 cm³/mol. The zero-order chi connectivity index (χ0) is 21.4. The summed E-state index contributed by atoms with van der Waals surface area (Å²) in [4.78, 5) is 7.47. The number of ether oxygens (including phenoxy) is 3. The molecule has 0 spiro atoms. The highest BCUT2D eigenvalue weighted by molar-refractivity contribution is 14.0. The highest BCUT2D eigenvalue weighted by atomic mass is 127. The Morgan fingerprint density at radius 3 is 2.42 bits per heavy atom. The molecule has 3 heterocycles. The molecule has 182 valence electrons. The second kappa shape index (κ2) is 13.6. The molecule has 0 aromatic carbocycles. The summed E-state index contributed by atoms with van der Waals surface area (Å²) in [6, 6.07) is 0. The van der Waals surface area contributed by atoms with Crippen molar-refractivity contribution in [3.05, 3.63) is 0 Å². The second-order valence-corrected chi connectivity index (χ2v) is 10.3. The van der Waals surface area contributed by atoms with Crippen molar-refractivity contribution in [3.8, 4) is 0 Å². The van der Waals surface area contributed by atoms with Gasteiger partial charge in [-0.25, -0.2) is 0 Å². The van der Waals surface area contributed by atoms with Gasteiger partial charge >= 0.3 is 0 Å². The van der Waals surface area contributed by atoms with Crippen LogP contribution in [0, 0.1) is 11.3 Å². The Kier molecular flexibility index (Phi) is 11.9. The lowest BCUT2D eigenvalue weighted by Crippen LogP contribution is -2.48. The van der Waals surface area contributed by atoms with Gasteiger partial charge in [0.2, 0.25) is 0 Å². The van der Waals surface area contributed by atoms with Crippen LogP contribution in [0.3, 0.4) is 0 Å². The molecular formula is C24H46IN3O3. The van der Waals surface area contributed by atoms with Gasteiger partial charge in [0.05, 0.1) is 24.9 Å². The standard InChI is InChI=1S/C24H45N3O3.HI/c1-5-25-23(26-17-19-9-8-16-29-22(19)24(2,3)4)27-13-11-20(12-14-27)30-18-21-10-6-7-15-28-21;/h19-22H,5-18H2,1-4H3,(H,25,26);1H. The molecule has 0 aromatic rings. The molecule has 3 aliphatic heterocycles. The molecule has 0 amide bonds. The van der Waals surface area contributed by atoms with Crippen molar-refractivity contribution >= 4 is 29.9 Å². The lowest BCUT2D eigenvalue weighted by molar-refractivity contribution is -0.0824. The van der Waals surface area contributed by atoms with Crippen LogP contribution in [0.25, 0.3) is 0 Å². The molecule has 0 aliphatic carbocycles. The first-order valence-electron chi connectivity index (χ1n) is 12.4. The fourth-order valence-corrected chi connectivity index (χ4v) is 5.03. The number of likely N-dealkylation sites (tertiary alicyclic amines) is 1. The Balaban J connectivity index is 0.00000341. The van der Waals surface area contributed by atoms with E-state index < -0.39 is 0 Å². The van der Waals surface area contributed by atoms with E-state index >= 15 is 0 Å². The predicted octanol–water partition coefficient (Wildman–Crippen LogP) is 4.46. The van der Waals surface area contributed by atoms with Crippen LogP contribution in [0.2, 0.25) is 0 Å². The average molecular weight is 552 g/mol. The van der Waals surface area contributed by atoms with Crippen molar-refractivity contribution in [2.24, 2.45) is 16.3 Å². The highest BCUT2D eigenvalue weighted by Gasteiger charge is 2.35. The number of rotatable bonds is 6. The topological polar surface area (TPSA) is 55.3 Å². The van der Waals surface area contributed by atoms with Crippen LogP contribution in [-0.4, -0.2) is 75.2 Å². The first-order chi connectivity index (χ1) is 14.5. The maximum absolute atomic E-state index is 6.19. The van der Waals surface area contributed by atoms with Crippen molar-refractivity contribution in [1.29, 1.82) is 0 Å². The minimum atomic E-state index is 0. The smallest absolute Gasteiger partial charge is 0.193 e. The molecule has 31 heavy (non-hydrogen) atoms. The normalized spacial score (nSPS) is 28.8. The summed E-state index contributed by atoms with van der Waals surface area (Å²) in [6.07, 6.45) is 9.07. The Morgan fingerprint density at radius 2 is 1.77 bits per heavy atom. The number of hydrogen-bond acceptors (Lipinski definition) is 4. The van der Waals surface area contributed by atoms with E-state index in [-0.39, 0.29) is 29.4 Å². The maximum atomic E-state index is 6.19. The zero-order valence-corrected chi connectivity index (χ0v) is 22.6. The van der Waals surface area contributed by atoms with Gasteiger partial charge in [-0.15, -0.1) is 24.0 Å². The quantitative estimate of drug-likeness (QED) is 0.300. The average Bonchev–Trinajstić information content (AvgIpc) is 2.76. The molecule has 1 N–H and O–H groups in total. The summed E-state index contributed by atoms with van der Waals surface area (Å²) in [6.45, 7) is 15.3. The van der Waals surface area contributed by atoms with Crippen LogP contribution in [0.4, 0.5) is 0 Å². The maximum Gasteiger partial charge on any atom is 0.193 e. The van der Waals surface area contributed by atoms with E-state index in [9.17, 15) is 0 Å². The molecule has 3 saturated heterocycles. The number of hydrogen-bond donors (Lipinski definition) is 1. The number of nitrogens with one attached hydrogen (secondary N) is 1. The summed E-state index contributed by atoms with van der Waals surface area (Å²) in [7, 11) is 0. The molecular weight excluding hydrogens is 505 g/mol. The molecule has 3 atom stereocenters. The Hall–Kier alpha value is -0.120. The third kappa shape index (κ3) is 8.63. The summed E-state index contributed by atoms with van der Waals surface area (Å²) < 4.78 is 18.1. The second-order valence-electron chi connectivity index (χ2n) is 10.3. The molecule has 3 fully saturated rings. The van der Waals surface area contributed by atoms with Gasteiger partial charge in [0, 0.05) is 45.3 Å². The largest absolute Gasteiger partial charge is 0.377 e. The number of aliphatic imine (C=N–C) groups is 1. The minimum Gasteiger partial charge on any atom is -0.377 e. The Bertz CT molecular complexity index is 527.